The lowest BCUT2D eigenvalue weighted by Gasteiger charge is -2.20. The Labute approximate surface area is 162 Å². The number of carbonyl (C=O) groups excluding carboxylic acids is 2. The Kier molecular flexibility index (Phi) is 6.60. The summed E-state index contributed by atoms with van der Waals surface area (Å²) in [5.74, 6) is -0.456. The topological polar surface area (TPSA) is 82.9 Å². The summed E-state index contributed by atoms with van der Waals surface area (Å²) >= 11 is 1.21. The van der Waals surface area contributed by atoms with Gasteiger partial charge in [-0.05, 0) is 49.9 Å². The molecule has 2 amide bonds. The van der Waals surface area contributed by atoms with Crippen LogP contribution in [0.4, 0.5) is 10.1 Å². The fraction of sp³-hybridized carbons (Fsp3) is 0.474. The van der Waals surface area contributed by atoms with Crippen LogP contribution in [0.1, 0.15) is 45.4 Å². The molecule has 1 aromatic carbocycles. The first-order valence-corrected chi connectivity index (χ1v) is 10.0. The lowest BCUT2D eigenvalue weighted by molar-refractivity contribution is -0.122. The van der Waals surface area contributed by atoms with E-state index in [9.17, 15) is 14.0 Å². The molecule has 0 radical (unpaired) electrons. The molecule has 3 rings (SSSR count). The number of thioether (sulfide) groups is 1. The number of hydrogen-bond acceptors (Lipinski definition) is 5. The summed E-state index contributed by atoms with van der Waals surface area (Å²) in [6.45, 7) is 1.98. The number of benzene rings is 1. The molecule has 0 unspecified atom stereocenters. The van der Waals surface area contributed by atoms with E-state index in [2.05, 4.69) is 20.8 Å². The maximum absolute atomic E-state index is 12.9. The van der Waals surface area contributed by atoms with Gasteiger partial charge < -0.3 is 10.6 Å². The summed E-state index contributed by atoms with van der Waals surface area (Å²) in [6.07, 6.45) is 6.04. The summed E-state index contributed by atoms with van der Waals surface area (Å²) in [6, 6.07) is 5.49. The molecule has 6 nitrogen and oxygen atoms in total. The van der Waals surface area contributed by atoms with Gasteiger partial charge in [0.25, 0.3) is 0 Å². The predicted octanol–water partition coefficient (Wildman–Crippen LogP) is 3.70. The first-order chi connectivity index (χ1) is 13.0. The molecule has 27 heavy (non-hydrogen) atoms. The van der Waals surface area contributed by atoms with Gasteiger partial charge >= 0.3 is 0 Å². The van der Waals surface area contributed by atoms with E-state index < -0.39 is 5.25 Å². The molecule has 1 saturated heterocycles. The van der Waals surface area contributed by atoms with E-state index in [0.29, 0.717) is 16.8 Å². The highest BCUT2D eigenvalue weighted by Crippen LogP contribution is 2.26. The van der Waals surface area contributed by atoms with Crippen LogP contribution >= 0.6 is 11.8 Å². The van der Waals surface area contributed by atoms with Crippen molar-refractivity contribution in [2.24, 2.45) is 16.1 Å². The zero-order valence-corrected chi connectivity index (χ0v) is 16.0. The van der Waals surface area contributed by atoms with Crippen LogP contribution < -0.4 is 10.6 Å². The lowest BCUT2D eigenvalue weighted by Crippen LogP contribution is -2.28. The van der Waals surface area contributed by atoms with Crippen LogP contribution in [0, 0.1) is 11.7 Å². The van der Waals surface area contributed by atoms with Crippen LogP contribution in [0.5, 0.6) is 0 Å². The number of carbonyl (C=O) groups is 2. The molecular weight excluding hydrogens is 367 g/mol. The van der Waals surface area contributed by atoms with Crippen LogP contribution in [-0.4, -0.2) is 27.9 Å². The zero-order valence-electron chi connectivity index (χ0n) is 15.2. The average molecular weight is 390 g/mol. The van der Waals surface area contributed by atoms with Crippen LogP contribution in [0.2, 0.25) is 0 Å². The quantitative estimate of drug-likeness (QED) is 0.594. The highest BCUT2D eigenvalue weighted by molar-refractivity contribution is 8.15. The highest BCUT2D eigenvalue weighted by Gasteiger charge is 2.32. The van der Waals surface area contributed by atoms with Gasteiger partial charge in [0.15, 0.2) is 5.17 Å². The van der Waals surface area contributed by atoms with Gasteiger partial charge in [0.05, 0.1) is 0 Å². The molecule has 144 valence electrons. The zero-order chi connectivity index (χ0) is 19.2. The molecule has 1 aliphatic heterocycles. The first kappa shape index (κ1) is 19.5. The molecule has 1 aliphatic carbocycles. The van der Waals surface area contributed by atoms with Gasteiger partial charge in [0.2, 0.25) is 11.8 Å². The van der Waals surface area contributed by atoms with Gasteiger partial charge in [-0.2, -0.15) is 5.10 Å². The Morgan fingerprint density at radius 3 is 2.67 bits per heavy atom. The number of amides is 2. The third kappa shape index (κ3) is 5.63. The Morgan fingerprint density at radius 1 is 1.26 bits per heavy atom. The fourth-order valence-electron chi connectivity index (χ4n) is 3.23. The van der Waals surface area contributed by atoms with Crippen molar-refractivity contribution in [2.45, 2.75) is 50.7 Å². The molecule has 2 N–H and O–H groups in total. The van der Waals surface area contributed by atoms with Gasteiger partial charge in [0.1, 0.15) is 11.1 Å². The normalized spacial score (nSPS) is 22.7. The van der Waals surface area contributed by atoms with Crippen LogP contribution in [0.3, 0.4) is 0 Å². The van der Waals surface area contributed by atoms with Gasteiger partial charge in [-0.25, -0.2) is 4.39 Å². The van der Waals surface area contributed by atoms with Gasteiger partial charge in [-0.3, -0.25) is 9.59 Å². The Balaban J connectivity index is 1.53. The lowest BCUT2D eigenvalue weighted by atomic mass is 9.86. The van der Waals surface area contributed by atoms with Crippen molar-refractivity contribution in [3.05, 3.63) is 30.1 Å². The summed E-state index contributed by atoms with van der Waals surface area (Å²) in [7, 11) is 0. The van der Waals surface area contributed by atoms with E-state index in [-0.39, 0.29) is 24.1 Å². The second-order valence-corrected chi connectivity index (χ2v) is 8.03. The van der Waals surface area contributed by atoms with Crippen molar-refractivity contribution in [3.8, 4) is 0 Å². The number of hydrogen-bond donors (Lipinski definition) is 2. The van der Waals surface area contributed by atoms with Crippen molar-refractivity contribution in [1.82, 2.24) is 5.32 Å². The number of anilines is 1. The fourth-order valence-corrected chi connectivity index (χ4v) is 4.14. The smallest absolute Gasteiger partial charge is 0.240 e. The van der Waals surface area contributed by atoms with Crippen LogP contribution in [0.25, 0.3) is 0 Å². The van der Waals surface area contributed by atoms with Gasteiger partial charge in [0, 0.05) is 17.8 Å². The van der Waals surface area contributed by atoms with Crippen molar-refractivity contribution in [1.29, 1.82) is 0 Å². The third-order valence-electron chi connectivity index (χ3n) is 4.77. The summed E-state index contributed by atoms with van der Waals surface area (Å²) < 4.78 is 12.9. The Hall–Kier alpha value is -2.22. The third-order valence-corrected chi connectivity index (χ3v) is 5.84. The van der Waals surface area contributed by atoms with Crippen molar-refractivity contribution in [2.75, 3.05) is 5.32 Å². The van der Waals surface area contributed by atoms with Crippen LogP contribution in [0.15, 0.2) is 34.5 Å². The molecular formula is C19H23FN4O2S. The molecule has 0 bridgehead atoms. The monoisotopic (exact) mass is 390 g/mol. The number of halogens is 1. The second kappa shape index (κ2) is 9.12. The molecule has 0 spiro atoms. The SMILES string of the molecule is CC(=NN=C1NC(=O)[C@@H](CC(=O)Nc2ccc(F)cc2)S1)C1CCCCC1. The summed E-state index contributed by atoms with van der Waals surface area (Å²) in [4.78, 5) is 24.2. The average Bonchev–Trinajstić information content (AvgIpc) is 3.01. The highest BCUT2D eigenvalue weighted by atomic mass is 32.2. The maximum atomic E-state index is 12.9. The van der Waals surface area contributed by atoms with E-state index in [4.69, 9.17) is 0 Å². The molecule has 1 saturated carbocycles. The van der Waals surface area contributed by atoms with Gasteiger partial charge in [-0.1, -0.05) is 31.0 Å². The van der Waals surface area contributed by atoms with Crippen molar-refractivity contribution >= 4 is 40.1 Å². The molecule has 0 aromatic heterocycles. The predicted molar refractivity (Wildman–Crippen MR) is 106 cm³/mol. The van der Waals surface area contributed by atoms with Crippen molar-refractivity contribution in [3.63, 3.8) is 0 Å². The van der Waals surface area contributed by atoms with E-state index in [0.717, 1.165) is 18.6 Å². The molecule has 1 heterocycles. The number of nitrogens with zero attached hydrogens (tertiary/aromatic N) is 2. The largest absolute Gasteiger partial charge is 0.326 e. The first-order valence-electron chi connectivity index (χ1n) is 9.16. The summed E-state index contributed by atoms with van der Waals surface area (Å²) in [5, 5.41) is 13.7. The second-order valence-electron chi connectivity index (χ2n) is 6.84. The van der Waals surface area contributed by atoms with E-state index >= 15 is 0 Å². The Bertz CT molecular complexity index is 757. The molecule has 8 heteroatoms. The maximum Gasteiger partial charge on any atom is 0.240 e. The van der Waals surface area contributed by atoms with E-state index in [1.165, 1.54) is 55.3 Å². The summed E-state index contributed by atoms with van der Waals surface area (Å²) in [5.41, 5.74) is 1.49. The number of amidine groups is 1. The standard InChI is InChI=1S/C19H23FN4O2S/c1-12(13-5-3-2-4-6-13)23-24-19-22-18(26)16(27-19)11-17(25)21-15-9-7-14(20)8-10-15/h7-10,13,16H,2-6,11H2,1H3,(H,21,25)(H,22,24,26)/t16-/m1/s1. The minimum absolute atomic E-state index is 0.0121. The minimum atomic E-state index is -0.547. The van der Waals surface area contributed by atoms with Gasteiger partial charge in [-0.15, -0.1) is 5.10 Å². The number of rotatable bonds is 5. The molecule has 2 aliphatic rings. The number of nitrogens with one attached hydrogen (secondary N) is 2. The van der Waals surface area contributed by atoms with E-state index in [1.54, 1.807) is 0 Å². The van der Waals surface area contributed by atoms with Crippen LogP contribution in [-0.2, 0) is 9.59 Å². The minimum Gasteiger partial charge on any atom is -0.326 e. The van der Waals surface area contributed by atoms with E-state index in [1.807, 2.05) is 6.92 Å². The molecule has 1 aromatic rings. The Morgan fingerprint density at radius 2 is 1.96 bits per heavy atom. The van der Waals surface area contributed by atoms with Crippen molar-refractivity contribution < 1.29 is 14.0 Å². The molecule has 2 fully saturated rings. The molecule has 1 atom stereocenters.